The van der Waals surface area contributed by atoms with Crippen LogP contribution in [0.5, 0.6) is 0 Å². The topological polar surface area (TPSA) is 80.6 Å². The van der Waals surface area contributed by atoms with Gasteiger partial charge < -0.3 is 19.5 Å². The minimum absolute atomic E-state index is 0.00256. The van der Waals surface area contributed by atoms with E-state index in [2.05, 4.69) is 5.32 Å². The van der Waals surface area contributed by atoms with E-state index in [0.717, 1.165) is 0 Å². The van der Waals surface area contributed by atoms with Gasteiger partial charge in [0, 0.05) is 44.4 Å². The number of morpholine rings is 1. The second-order valence-electron chi connectivity index (χ2n) is 5.82. The van der Waals surface area contributed by atoms with E-state index in [0.29, 0.717) is 31.9 Å². The lowest BCUT2D eigenvalue weighted by molar-refractivity contribution is -0.135. The minimum atomic E-state index is -0.228. The maximum Gasteiger partial charge on any atom is 0.252 e. The number of amides is 2. The van der Waals surface area contributed by atoms with Gasteiger partial charge in [0.15, 0.2) is 0 Å². The molecule has 2 amide bonds. The molecule has 2 rings (SSSR count). The molecule has 1 aromatic rings. The van der Waals surface area contributed by atoms with E-state index in [-0.39, 0.29) is 36.4 Å². The number of carbonyl (C=O) groups is 2. The summed E-state index contributed by atoms with van der Waals surface area (Å²) in [7, 11) is 0. The average molecular weight is 321 g/mol. The van der Waals surface area contributed by atoms with Gasteiger partial charge in [-0.15, -0.1) is 0 Å². The van der Waals surface area contributed by atoms with Crippen LogP contribution >= 0.6 is 0 Å². The van der Waals surface area contributed by atoms with Crippen LogP contribution in [0.2, 0.25) is 0 Å². The molecular weight excluding hydrogens is 298 g/mol. The van der Waals surface area contributed by atoms with E-state index < -0.39 is 0 Å². The lowest BCUT2D eigenvalue weighted by Gasteiger charge is -2.26. The lowest BCUT2D eigenvalue weighted by Crippen LogP contribution is -2.41. The van der Waals surface area contributed by atoms with Crippen molar-refractivity contribution < 1.29 is 14.3 Å². The Hall–Kier alpha value is -2.15. The predicted molar refractivity (Wildman–Crippen MR) is 85.3 cm³/mol. The van der Waals surface area contributed by atoms with Crippen molar-refractivity contribution in [2.24, 2.45) is 0 Å². The van der Waals surface area contributed by atoms with Crippen LogP contribution in [0.4, 0.5) is 0 Å². The molecule has 0 aliphatic carbocycles. The van der Waals surface area contributed by atoms with Gasteiger partial charge in [0.25, 0.3) is 11.5 Å². The first-order valence-corrected chi connectivity index (χ1v) is 7.84. The van der Waals surface area contributed by atoms with Gasteiger partial charge in [0.05, 0.1) is 18.8 Å². The maximum atomic E-state index is 12.1. The van der Waals surface area contributed by atoms with Crippen molar-refractivity contribution in [2.75, 3.05) is 26.3 Å². The second kappa shape index (κ2) is 7.92. The van der Waals surface area contributed by atoms with Crippen molar-refractivity contribution in [3.8, 4) is 0 Å². The van der Waals surface area contributed by atoms with Gasteiger partial charge in [0.1, 0.15) is 0 Å². The second-order valence-corrected chi connectivity index (χ2v) is 5.82. The molecule has 0 radical (unpaired) electrons. The third kappa shape index (κ3) is 4.92. The van der Waals surface area contributed by atoms with Gasteiger partial charge in [-0.25, -0.2) is 0 Å². The summed E-state index contributed by atoms with van der Waals surface area (Å²) in [5, 5.41) is 2.78. The summed E-state index contributed by atoms with van der Waals surface area (Å²) in [4.78, 5) is 37.7. The van der Waals surface area contributed by atoms with Gasteiger partial charge in [-0.05, 0) is 19.9 Å². The number of hydrogen-bond donors (Lipinski definition) is 1. The zero-order valence-electron chi connectivity index (χ0n) is 13.6. The molecular formula is C16H23N3O4. The molecule has 1 fully saturated rings. The minimum Gasteiger partial charge on any atom is -0.378 e. The smallest absolute Gasteiger partial charge is 0.252 e. The summed E-state index contributed by atoms with van der Waals surface area (Å²) in [5.41, 5.74) is 0.193. The van der Waals surface area contributed by atoms with Gasteiger partial charge in [-0.2, -0.15) is 0 Å². The van der Waals surface area contributed by atoms with E-state index in [9.17, 15) is 14.4 Å². The standard InChI is InChI=1S/C16H23N3O4/c1-12(2)17-16(22)13-3-4-14(20)19(11-13)6-5-15(21)18-7-9-23-10-8-18/h3-4,11-12H,5-10H2,1-2H3,(H,17,22). The van der Waals surface area contributed by atoms with E-state index in [1.54, 1.807) is 4.90 Å². The number of aryl methyl sites for hydroxylation is 1. The zero-order chi connectivity index (χ0) is 16.8. The molecule has 1 aliphatic rings. The van der Waals surface area contributed by atoms with Gasteiger partial charge in [-0.3, -0.25) is 14.4 Å². The summed E-state index contributed by atoms with van der Waals surface area (Å²) >= 11 is 0. The van der Waals surface area contributed by atoms with E-state index in [1.165, 1.54) is 22.9 Å². The molecule has 1 saturated heterocycles. The maximum absolute atomic E-state index is 12.1. The van der Waals surface area contributed by atoms with Crippen LogP contribution in [0, 0.1) is 0 Å². The highest BCUT2D eigenvalue weighted by Crippen LogP contribution is 2.03. The quantitative estimate of drug-likeness (QED) is 0.842. The number of aromatic nitrogens is 1. The molecule has 1 aliphatic heterocycles. The third-order valence-corrected chi connectivity index (χ3v) is 3.60. The first-order valence-electron chi connectivity index (χ1n) is 7.84. The Labute approximate surface area is 135 Å². The zero-order valence-corrected chi connectivity index (χ0v) is 13.6. The third-order valence-electron chi connectivity index (χ3n) is 3.60. The molecule has 1 aromatic heterocycles. The first-order chi connectivity index (χ1) is 11.0. The fourth-order valence-electron chi connectivity index (χ4n) is 2.37. The molecule has 2 heterocycles. The molecule has 0 atom stereocenters. The highest BCUT2D eigenvalue weighted by atomic mass is 16.5. The number of nitrogens with one attached hydrogen (secondary N) is 1. The van der Waals surface area contributed by atoms with E-state index in [4.69, 9.17) is 4.74 Å². The van der Waals surface area contributed by atoms with Crippen molar-refractivity contribution >= 4 is 11.8 Å². The Bertz CT molecular complexity index is 618. The highest BCUT2D eigenvalue weighted by molar-refractivity contribution is 5.94. The fraction of sp³-hybridized carbons (Fsp3) is 0.562. The number of carbonyl (C=O) groups excluding carboxylic acids is 2. The molecule has 7 heteroatoms. The summed E-state index contributed by atoms with van der Waals surface area (Å²) in [6, 6.07) is 2.88. The predicted octanol–water partition coefficient (Wildman–Crippen LogP) is 0.235. The lowest BCUT2D eigenvalue weighted by atomic mass is 10.2. The van der Waals surface area contributed by atoms with Crippen molar-refractivity contribution in [3.63, 3.8) is 0 Å². The largest absolute Gasteiger partial charge is 0.378 e. The Morgan fingerprint density at radius 3 is 2.61 bits per heavy atom. The van der Waals surface area contributed by atoms with Crippen molar-refractivity contribution in [1.29, 1.82) is 0 Å². The normalized spacial score (nSPS) is 14.8. The molecule has 0 unspecified atom stereocenters. The van der Waals surface area contributed by atoms with E-state index in [1.807, 2.05) is 13.8 Å². The van der Waals surface area contributed by atoms with Gasteiger partial charge >= 0.3 is 0 Å². The van der Waals surface area contributed by atoms with Crippen molar-refractivity contribution in [2.45, 2.75) is 32.9 Å². The Morgan fingerprint density at radius 2 is 1.96 bits per heavy atom. The monoisotopic (exact) mass is 321 g/mol. The number of pyridine rings is 1. The molecule has 0 aromatic carbocycles. The van der Waals surface area contributed by atoms with E-state index >= 15 is 0 Å². The molecule has 23 heavy (non-hydrogen) atoms. The molecule has 1 N–H and O–H groups in total. The average Bonchev–Trinajstić information content (AvgIpc) is 2.54. The van der Waals surface area contributed by atoms with Crippen LogP contribution in [0.1, 0.15) is 30.6 Å². The highest BCUT2D eigenvalue weighted by Gasteiger charge is 2.17. The van der Waals surface area contributed by atoms with Gasteiger partial charge in [-0.1, -0.05) is 0 Å². The van der Waals surface area contributed by atoms with Crippen molar-refractivity contribution in [3.05, 3.63) is 34.2 Å². The molecule has 0 saturated carbocycles. The molecule has 7 nitrogen and oxygen atoms in total. The van der Waals surface area contributed by atoms with Crippen LogP contribution in [0.3, 0.4) is 0 Å². The number of hydrogen-bond acceptors (Lipinski definition) is 4. The number of nitrogens with zero attached hydrogens (tertiary/aromatic N) is 2. The summed E-state index contributed by atoms with van der Waals surface area (Å²) in [6.07, 6.45) is 1.74. The van der Waals surface area contributed by atoms with Crippen molar-refractivity contribution in [1.82, 2.24) is 14.8 Å². The SMILES string of the molecule is CC(C)NC(=O)c1ccc(=O)n(CCC(=O)N2CCOCC2)c1. The van der Waals surface area contributed by atoms with Gasteiger partial charge in [0.2, 0.25) is 5.91 Å². The fourth-order valence-corrected chi connectivity index (χ4v) is 2.37. The number of rotatable bonds is 5. The molecule has 0 bridgehead atoms. The van der Waals surface area contributed by atoms with Crippen LogP contribution < -0.4 is 10.9 Å². The molecule has 126 valence electrons. The van der Waals surface area contributed by atoms with Crippen LogP contribution in [0.25, 0.3) is 0 Å². The Kier molecular flexibility index (Phi) is 5.92. The van der Waals surface area contributed by atoms with Crippen LogP contribution in [0.15, 0.2) is 23.1 Å². The summed E-state index contributed by atoms with van der Waals surface area (Å²) in [6.45, 7) is 6.28. The molecule has 0 spiro atoms. The number of ether oxygens (including phenoxy) is 1. The first kappa shape index (κ1) is 17.2. The van der Waals surface area contributed by atoms with Crippen LogP contribution in [-0.2, 0) is 16.1 Å². The summed E-state index contributed by atoms with van der Waals surface area (Å²) < 4.78 is 6.62. The van der Waals surface area contributed by atoms with Crippen LogP contribution in [-0.4, -0.2) is 53.6 Å². The Morgan fingerprint density at radius 1 is 1.26 bits per heavy atom. The summed E-state index contributed by atoms with van der Waals surface area (Å²) in [5.74, 6) is -0.231. The Balaban J connectivity index is 2.00.